The molecule has 0 bridgehead atoms. The molecule has 0 amide bonds. The van der Waals surface area contributed by atoms with Gasteiger partial charge in [-0.2, -0.15) is 0 Å². The van der Waals surface area contributed by atoms with Gasteiger partial charge in [-0.1, -0.05) is 0 Å². The van der Waals surface area contributed by atoms with Crippen LogP contribution in [0.5, 0.6) is 0 Å². The van der Waals surface area contributed by atoms with E-state index in [4.69, 9.17) is 16.3 Å². The molecule has 0 saturated carbocycles. The van der Waals surface area contributed by atoms with Gasteiger partial charge in [0.05, 0.1) is 4.47 Å². The van der Waals surface area contributed by atoms with Gasteiger partial charge in [0.1, 0.15) is 5.03 Å². The molecule has 1 saturated heterocycles. The lowest BCUT2D eigenvalue weighted by atomic mass is 10.2. The van der Waals surface area contributed by atoms with E-state index in [0.717, 1.165) is 35.6 Å². The number of nitrogens with zero attached hydrogens (tertiary/aromatic N) is 2. The molecule has 2 rings (SSSR count). The van der Waals surface area contributed by atoms with Crippen molar-refractivity contribution >= 4 is 39.3 Å². The first-order valence-corrected chi connectivity index (χ1v) is 6.73. The average molecular weight is 310 g/mol. The molecule has 15 heavy (non-hydrogen) atoms. The monoisotopic (exact) mass is 308 g/mol. The largest absolute Gasteiger partial charge is 0.381 e. The van der Waals surface area contributed by atoms with E-state index in [0.29, 0.717) is 10.5 Å². The molecular formula is C9H10BrClN2OS. The zero-order valence-electron chi connectivity index (χ0n) is 7.95. The van der Waals surface area contributed by atoms with Gasteiger partial charge in [-0.25, -0.2) is 9.97 Å². The van der Waals surface area contributed by atoms with Crippen molar-refractivity contribution in [2.24, 2.45) is 0 Å². The third-order valence-corrected chi connectivity index (χ3v) is 4.49. The summed E-state index contributed by atoms with van der Waals surface area (Å²) in [7, 11) is 0. The first-order chi connectivity index (χ1) is 7.25. The Morgan fingerprint density at radius 2 is 2.20 bits per heavy atom. The number of ether oxygens (including phenoxy) is 1. The number of aromatic nitrogens is 2. The van der Waals surface area contributed by atoms with E-state index < -0.39 is 0 Å². The van der Waals surface area contributed by atoms with Gasteiger partial charge in [-0.05, 0) is 40.4 Å². The van der Waals surface area contributed by atoms with Gasteiger partial charge in [0.2, 0.25) is 5.28 Å². The number of hydrogen-bond donors (Lipinski definition) is 0. The molecular weight excluding hydrogens is 300 g/mol. The second kappa shape index (κ2) is 5.48. The van der Waals surface area contributed by atoms with Gasteiger partial charge in [0.25, 0.3) is 0 Å². The second-order valence-corrected chi connectivity index (χ2v) is 5.70. The number of rotatable bonds is 2. The Morgan fingerprint density at radius 1 is 1.47 bits per heavy atom. The van der Waals surface area contributed by atoms with Crippen molar-refractivity contribution in [1.82, 2.24) is 9.97 Å². The van der Waals surface area contributed by atoms with Crippen molar-refractivity contribution in [3.8, 4) is 0 Å². The lowest BCUT2D eigenvalue weighted by Gasteiger charge is -2.21. The highest BCUT2D eigenvalue weighted by molar-refractivity contribution is 9.10. The Kier molecular flexibility index (Phi) is 4.25. The second-order valence-electron chi connectivity index (χ2n) is 3.22. The number of halogens is 2. The maximum absolute atomic E-state index is 5.75. The summed E-state index contributed by atoms with van der Waals surface area (Å²) in [5.74, 6) is 0. The Bertz CT molecular complexity index is 347. The molecule has 0 atom stereocenters. The Labute approximate surface area is 106 Å². The molecule has 0 aromatic carbocycles. The van der Waals surface area contributed by atoms with E-state index in [1.807, 2.05) is 0 Å². The van der Waals surface area contributed by atoms with Crippen LogP contribution in [0.4, 0.5) is 0 Å². The van der Waals surface area contributed by atoms with Crippen molar-refractivity contribution in [3.05, 3.63) is 16.0 Å². The Balaban J connectivity index is 2.05. The van der Waals surface area contributed by atoms with Gasteiger partial charge in [0, 0.05) is 24.7 Å². The van der Waals surface area contributed by atoms with Crippen LogP contribution in [0.15, 0.2) is 15.7 Å². The van der Waals surface area contributed by atoms with E-state index in [1.54, 1.807) is 18.0 Å². The van der Waals surface area contributed by atoms with E-state index >= 15 is 0 Å². The molecule has 1 aliphatic rings. The highest BCUT2D eigenvalue weighted by Crippen LogP contribution is 2.33. The predicted octanol–water partition coefficient (Wildman–Crippen LogP) is 3.16. The standard InChI is InChI=1S/C9H10BrClN2OS/c10-7-5-12-9(11)13-8(7)15-6-1-3-14-4-2-6/h5-6H,1-4H2. The SMILES string of the molecule is Clc1ncc(Br)c(SC2CCOCC2)n1. The van der Waals surface area contributed by atoms with Gasteiger partial charge < -0.3 is 4.74 Å². The molecule has 0 radical (unpaired) electrons. The van der Waals surface area contributed by atoms with Crippen LogP contribution in [-0.2, 0) is 4.74 Å². The fraction of sp³-hybridized carbons (Fsp3) is 0.556. The number of thioether (sulfide) groups is 1. The van der Waals surface area contributed by atoms with E-state index in [2.05, 4.69) is 25.9 Å². The van der Waals surface area contributed by atoms with Crippen LogP contribution in [0, 0.1) is 0 Å². The van der Waals surface area contributed by atoms with Crippen molar-refractivity contribution in [1.29, 1.82) is 0 Å². The summed E-state index contributed by atoms with van der Waals surface area (Å²) in [6.45, 7) is 1.68. The van der Waals surface area contributed by atoms with Crippen LogP contribution in [0.25, 0.3) is 0 Å². The van der Waals surface area contributed by atoms with Crippen LogP contribution in [-0.4, -0.2) is 28.4 Å². The molecule has 6 heteroatoms. The zero-order chi connectivity index (χ0) is 10.7. The van der Waals surface area contributed by atoms with E-state index in [-0.39, 0.29) is 0 Å². The minimum absolute atomic E-state index is 0.299. The molecule has 0 aliphatic carbocycles. The molecule has 0 unspecified atom stereocenters. The average Bonchev–Trinajstić information content (AvgIpc) is 2.25. The van der Waals surface area contributed by atoms with Gasteiger partial charge in [0.15, 0.2) is 0 Å². The molecule has 1 aliphatic heterocycles. The van der Waals surface area contributed by atoms with E-state index in [9.17, 15) is 0 Å². The quantitative estimate of drug-likeness (QED) is 0.621. The lowest BCUT2D eigenvalue weighted by Crippen LogP contribution is -2.17. The summed E-state index contributed by atoms with van der Waals surface area (Å²) in [6, 6.07) is 0. The minimum Gasteiger partial charge on any atom is -0.381 e. The maximum atomic E-state index is 5.75. The summed E-state index contributed by atoms with van der Waals surface area (Å²) in [4.78, 5) is 8.10. The van der Waals surface area contributed by atoms with Gasteiger partial charge in [-0.3, -0.25) is 0 Å². The van der Waals surface area contributed by atoms with Crippen LogP contribution in [0.1, 0.15) is 12.8 Å². The smallest absolute Gasteiger partial charge is 0.223 e. The minimum atomic E-state index is 0.299. The molecule has 1 fully saturated rings. The number of hydrogen-bond acceptors (Lipinski definition) is 4. The van der Waals surface area contributed by atoms with Gasteiger partial charge >= 0.3 is 0 Å². The van der Waals surface area contributed by atoms with Crippen molar-refractivity contribution in [2.75, 3.05) is 13.2 Å². The Hall–Kier alpha value is 0.160. The third kappa shape index (κ3) is 3.31. The fourth-order valence-electron chi connectivity index (χ4n) is 1.37. The zero-order valence-corrected chi connectivity index (χ0v) is 11.1. The summed E-state index contributed by atoms with van der Waals surface area (Å²) < 4.78 is 6.21. The van der Waals surface area contributed by atoms with Crippen molar-refractivity contribution < 1.29 is 4.74 Å². The molecule has 3 nitrogen and oxygen atoms in total. The normalized spacial score (nSPS) is 18.0. The molecule has 0 N–H and O–H groups in total. The van der Waals surface area contributed by atoms with Crippen LogP contribution in [0.2, 0.25) is 5.28 Å². The highest BCUT2D eigenvalue weighted by Gasteiger charge is 2.17. The first kappa shape index (κ1) is 11.6. The first-order valence-electron chi connectivity index (χ1n) is 4.68. The summed E-state index contributed by atoms with van der Waals surface area (Å²) in [6.07, 6.45) is 3.83. The predicted molar refractivity (Wildman–Crippen MR) is 64.4 cm³/mol. The van der Waals surface area contributed by atoms with Crippen LogP contribution >= 0.6 is 39.3 Å². The molecule has 1 aromatic rings. The lowest BCUT2D eigenvalue weighted by molar-refractivity contribution is 0.1000. The van der Waals surface area contributed by atoms with Gasteiger partial charge in [-0.15, -0.1) is 11.8 Å². The van der Waals surface area contributed by atoms with Crippen LogP contribution < -0.4 is 0 Å². The molecule has 1 aromatic heterocycles. The van der Waals surface area contributed by atoms with Crippen molar-refractivity contribution in [2.45, 2.75) is 23.1 Å². The van der Waals surface area contributed by atoms with Crippen LogP contribution in [0.3, 0.4) is 0 Å². The summed E-state index contributed by atoms with van der Waals surface area (Å²) in [5.41, 5.74) is 0. The summed E-state index contributed by atoms with van der Waals surface area (Å²) >= 11 is 10.9. The highest BCUT2D eigenvalue weighted by atomic mass is 79.9. The molecule has 0 spiro atoms. The third-order valence-electron chi connectivity index (χ3n) is 2.13. The van der Waals surface area contributed by atoms with Crippen molar-refractivity contribution in [3.63, 3.8) is 0 Å². The van der Waals surface area contributed by atoms with E-state index in [1.165, 1.54) is 0 Å². The fourth-order valence-corrected chi connectivity index (χ4v) is 3.07. The Morgan fingerprint density at radius 3 is 2.93 bits per heavy atom. The molecule has 2 heterocycles. The maximum Gasteiger partial charge on any atom is 0.223 e. The topological polar surface area (TPSA) is 35.0 Å². The molecule has 82 valence electrons. The summed E-state index contributed by atoms with van der Waals surface area (Å²) in [5, 5.41) is 1.79.